The Morgan fingerprint density at radius 3 is 2.52 bits per heavy atom. The Balaban J connectivity index is 1.35. The number of hydrogen-bond donors (Lipinski definition) is 2. The van der Waals surface area contributed by atoms with Crippen LogP contribution in [0.4, 0.5) is 11.6 Å². The van der Waals surface area contributed by atoms with Crippen LogP contribution in [0.15, 0.2) is 78.9 Å². The fraction of sp³-hybridized carbons (Fsp3) is 0.0800. The molecule has 0 saturated carbocycles. The molecule has 152 valence electrons. The molecule has 6 nitrogen and oxygen atoms in total. The fourth-order valence-corrected chi connectivity index (χ4v) is 3.46. The summed E-state index contributed by atoms with van der Waals surface area (Å²) < 4.78 is 6.16. The van der Waals surface area contributed by atoms with Crippen LogP contribution < -0.4 is 10.1 Å². The summed E-state index contributed by atoms with van der Waals surface area (Å²) >= 11 is 0. The molecule has 0 radical (unpaired) electrons. The largest absolute Gasteiger partial charge is 0.457 e. The molecule has 0 atom stereocenters. The van der Waals surface area contributed by atoms with Gasteiger partial charge in [0.25, 0.3) is 0 Å². The van der Waals surface area contributed by atoms with Gasteiger partial charge < -0.3 is 10.1 Å². The number of fused-ring (bicyclic) bond motifs is 1. The van der Waals surface area contributed by atoms with Crippen molar-refractivity contribution in [2.45, 2.75) is 13.8 Å². The SMILES string of the molecule is Cc1cccc(Nc2n[nH]c(-c3ccc(Oc4cc(C)nc5ccccc45)cc3)n2)c1. The van der Waals surface area contributed by atoms with Crippen LogP contribution in [0.3, 0.4) is 0 Å². The van der Waals surface area contributed by atoms with Crippen molar-refractivity contribution in [3.05, 3.63) is 90.1 Å². The van der Waals surface area contributed by atoms with Gasteiger partial charge in [0.15, 0.2) is 5.82 Å². The van der Waals surface area contributed by atoms with E-state index in [1.54, 1.807) is 0 Å². The molecular weight excluding hydrogens is 386 g/mol. The summed E-state index contributed by atoms with van der Waals surface area (Å²) in [5.41, 5.74) is 4.89. The van der Waals surface area contributed by atoms with Crippen LogP contribution in [0, 0.1) is 13.8 Å². The molecule has 2 heterocycles. The lowest BCUT2D eigenvalue weighted by molar-refractivity contribution is 0.487. The van der Waals surface area contributed by atoms with Gasteiger partial charge in [-0.25, -0.2) is 0 Å². The van der Waals surface area contributed by atoms with Crippen LogP contribution in [0.1, 0.15) is 11.3 Å². The van der Waals surface area contributed by atoms with Gasteiger partial charge >= 0.3 is 0 Å². The summed E-state index contributed by atoms with van der Waals surface area (Å²) in [6, 6.07) is 25.8. The average Bonchev–Trinajstić information content (AvgIpc) is 3.22. The number of benzene rings is 3. The minimum absolute atomic E-state index is 0.527. The second kappa shape index (κ2) is 7.91. The molecule has 0 aliphatic heterocycles. The highest BCUT2D eigenvalue weighted by Crippen LogP contribution is 2.31. The summed E-state index contributed by atoms with van der Waals surface area (Å²) in [7, 11) is 0. The predicted octanol–water partition coefficient (Wildman–Crippen LogP) is 6.17. The number of ether oxygens (including phenoxy) is 1. The number of rotatable bonds is 5. The minimum Gasteiger partial charge on any atom is -0.457 e. The van der Waals surface area contributed by atoms with Crippen molar-refractivity contribution in [3.63, 3.8) is 0 Å². The van der Waals surface area contributed by atoms with Gasteiger partial charge in [-0.2, -0.15) is 4.98 Å². The Morgan fingerprint density at radius 2 is 1.68 bits per heavy atom. The molecule has 0 spiro atoms. The van der Waals surface area contributed by atoms with Gasteiger partial charge in [-0.15, -0.1) is 5.10 Å². The number of H-pyrrole nitrogens is 1. The molecule has 0 amide bonds. The lowest BCUT2D eigenvalue weighted by atomic mass is 10.2. The highest BCUT2D eigenvalue weighted by molar-refractivity contribution is 5.85. The summed E-state index contributed by atoms with van der Waals surface area (Å²) in [6.07, 6.45) is 0. The van der Waals surface area contributed by atoms with Gasteiger partial charge in [0, 0.05) is 28.4 Å². The Hall–Kier alpha value is -4.19. The number of para-hydroxylation sites is 1. The maximum Gasteiger partial charge on any atom is 0.246 e. The minimum atomic E-state index is 0.527. The Morgan fingerprint density at radius 1 is 0.839 bits per heavy atom. The zero-order valence-electron chi connectivity index (χ0n) is 17.3. The van der Waals surface area contributed by atoms with Crippen molar-refractivity contribution in [1.29, 1.82) is 0 Å². The molecule has 2 N–H and O–H groups in total. The standard InChI is InChI=1S/C25H21N5O/c1-16-6-5-7-19(14-16)27-25-28-24(29-30-25)18-10-12-20(13-11-18)31-23-15-17(2)26-22-9-4-3-8-21(22)23/h3-15H,1-2H3,(H2,27,28,29,30). The highest BCUT2D eigenvalue weighted by Gasteiger charge is 2.09. The van der Waals surface area contributed by atoms with Gasteiger partial charge in [0.05, 0.1) is 5.52 Å². The second-order valence-electron chi connectivity index (χ2n) is 7.41. The Bertz CT molecular complexity index is 1360. The maximum atomic E-state index is 6.16. The molecule has 0 aliphatic carbocycles. The normalized spacial score (nSPS) is 10.9. The van der Waals surface area contributed by atoms with Gasteiger partial charge in [0.2, 0.25) is 5.95 Å². The third kappa shape index (κ3) is 4.09. The van der Waals surface area contributed by atoms with Crippen LogP contribution in [-0.2, 0) is 0 Å². The molecule has 6 heteroatoms. The zero-order chi connectivity index (χ0) is 21.2. The van der Waals surface area contributed by atoms with Crippen molar-refractivity contribution in [2.24, 2.45) is 0 Å². The molecule has 0 bridgehead atoms. The van der Waals surface area contributed by atoms with Crippen LogP contribution >= 0.6 is 0 Å². The summed E-state index contributed by atoms with van der Waals surface area (Å²) in [4.78, 5) is 9.11. The number of hydrogen-bond acceptors (Lipinski definition) is 5. The molecule has 0 aliphatic rings. The number of anilines is 2. The molecule has 31 heavy (non-hydrogen) atoms. The van der Waals surface area contributed by atoms with E-state index in [1.807, 2.05) is 92.7 Å². The molecule has 0 saturated heterocycles. The number of pyridine rings is 1. The van der Waals surface area contributed by atoms with Crippen molar-refractivity contribution in [2.75, 3.05) is 5.32 Å². The van der Waals surface area contributed by atoms with Crippen LogP contribution in [0.25, 0.3) is 22.3 Å². The van der Waals surface area contributed by atoms with E-state index in [2.05, 4.69) is 25.5 Å². The molecule has 0 unspecified atom stereocenters. The Kier molecular flexibility index (Phi) is 4.80. The first-order valence-corrected chi connectivity index (χ1v) is 10.0. The highest BCUT2D eigenvalue weighted by atomic mass is 16.5. The van der Waals surface area contributed by atoms with Crippen molar-refractivity contribution in [3.8, 4) is 22.9 Å². The molecular formula is C25H21N5O. The molecule has 0 fully saturated rings. The lowest BCUT2D eigenvalue weighted by Gasteiger charge is -2.10. The predicted molar refractivity (Wildman–Crippen MR) is 123 cm³/mol. The number of nitrogens with one attached hydrogen (secondary N) is 2. The van der Waals surface area contributed by atoms with E-state index in [-0.39, 0.29) is 0 Å². The molecule has 5 rings (SSSR count). The van der Waals surface area contributed by atoms with E-state index < -0.39 is 0 Å². The molecule has 3 aromatic carbocycles. The van der Waals surface area contributed by atoms with Crippen molar-refractivity contribution >= 4 is 22.5 Å². The quantitative estimate of drug-likeness (QED) is 0.364. The number of aromatic nitrogens is 4. The van der Waals surface area contributed by atoms with Crippen LogP contribution in [-0.4, -0.2) is 20.2 Å². The maximum absolute atomic E-state index is 6.16. The van der Waals surface area contributed by atoms with E-state index in [1.165, 1.54) is 5.56 Å². The Labute approximate surface area is 180 Å². The second-order valence-corrected chi connectivity index (χ2v) is 7.41. The average molecular weight is 407 g/mol. The summed E-state index contributed by atoms with van der Waals surface area (Å²) in [5, 5.41) is 11.5. The van der Waals surface area contributed by atoms with Crippen molar-refractivity contribution in [1.82, 2.24) is 20.2 Å². The third-order valence-corrected chi connectivity index (χ3v) is 4.92. The van der Waals surface area contributed by atoms with E-state index in [9.17, 15) is 0 Å². The van der Waals surface area contributed by atoms with Gasteiger partial charge in [-0.1, -0.05) is 24.3 Å². The van der Waals surface area contributed by atoms with Crippen molar-refractivity contribution < 1.29 is 4.74 Å². The third-order valence-electron chi connectivity index (χ3n) is 4.92. The molecule has 2 aromatic heterocycles. The van der Waals surface area contributed by atoms with Gasteiger partial charge in [0.1, 0.15) is 11.5 Å². The monoisotopic (exact) mass is 407 g/mol. The van der Waals surface area contributed by atoms with E-state index in [0.29, 0.717) is 11.8 Å². The fourth-order valence-electron chi connectivity index (χ4n) is 3.46. The topological polar surface area (TPSA) is 75.7 Å². The lowest BCUT2D eigenvalue weighted by Crippen LogP contribution is -1.92. The first-order valence-electron chi connectivity index (χ1n) is 10.0. The summed E-state index contributed by atoms with van der Waals surface area (Å²) in [6.45, 7) is 4.02. The van der Waals surface area contributed by atoms with Crippen LogP contribution in [0.5, 0.6) is 11.5 Å². The first kappa shape index (κ1) is 18.8. The van der Waals surface area contributed by atoms with E-state index >= 15 is 0 Å². The number of aryl methyl sites for hydroxylation is 2. The van der Waals surface area contributed by atoms with Gasteiger partial charge in [-0.05, 0) is 67.9 Å². The molecule has 5 aromatic rings. The number of nitrogens with zero attached hydrogens (tertiary/aromatic N) is 3. The van der Waals surface area contributed by atoms with Crippen LogP contribution in [0.2, 0.25) is 0 Å². The van der Waals surface area contributed by atoms with Gasteiger partial charge in [-0.3, -0.25) is 10.1 Å². The van der Waals surface area contributed by atoms with E-state index in [0.717, 1.165) is 39.3 Å². The smallest absolute Gasteiger partial charge is 0.246 e. The van der Waals surface area contributed by atoms with E-state index in [4.69, 9.17) is 4.74 Å². The number of aromatic amines is 1. The summed E-state index contributed by atoms with van der Waals surface area (Å²) in [5.74, 6) is 2.75. The zero-order valence-corrected chi connectivity index (χ0v) is 17.3. The first-order chi connectivity index (χ1) is 15.1.